The van der Waals surface area contributed by atoms with Crippen molar-refractivity contribution in [3.05, 3.63) is 54.1 Å². The maximum atomic E-state index is 4.64. The number of hydrogen-bond donors (Lipinski definition) is 1. The molecule has 1 fully saturated rings. The van der Waals surface area contributed by atoms with Crippen molar-refractivity contribution in [1.82, 2.24) is 15.1 Å². The van der Waals surface area contributed by atoms with Gasteiger partial charge >= 0.3 is 0 Å². The lowest BCUT2D eigenvalue weighted by molar-refractivity contribution is 0.160. The van der Waals surface area contributed by atoms with Crippen molar-refractivity contribution in [2.75, 3.05) is 13.1 Å². The molecule has 4 heteroatoms. The van der Waals surface area contributed by atoms with Crippen LogP contribution < -0.4 is 0 Å². The number of nitrogens with one attached hydrogen (secondary N) is 1. The van der Waals surface area contributed by atoms with Gasteiger partial charge in [-0.25, -0.2) is 0 Å². The average Bonchev–Trinajstić information content (AvgIpc) is 3.09. The van der Waals surface area contributed by atoms with E-state index >= 15 is 0 Å². The van der Waals surface area contributed by atoms with Gasteiger partial charge in [0.25, 0.3) is 0 Å². The highest BCUT2D eigenvalue weighted by Gasteiger charge is 2.24. The Morgan fingerprint density at radius 3 is 2.48 bits per heavy atom. The van der Waals surface area contributed by atoms with E-state index in [-0.39, 0.29) is 12.4 Å². The number of benzene rings is 2. The molecule has 0 amide bonds. The lowest BCUT2D eigenvalue weighted by Gasteiger charge is -2.34. The summed E-state index contributed by atoms with van der Waals surface area (Å²) in [6.45, 7) is 4.74. The van der Waals surface area contributed by atoms with Crippen LogP contribution in [0.1, 0.15) is 44.2 Å². The molecule has 0 bridgehead atoms. The summed E-state index contributed by atoms with van der Waals surface area (Å²) >= 11 is 0. The number of likely N-dealkylation sites (tertiary alicyclic amines) is 1. The van der Waals surface area contributed by atoms with Crippen molar-refractivity contribution in [2.45, 2.75) is 38.6 Å². The van der Waals surface area contributed by atoms with E-state index in [0.717, 1.165) is 17.6 Å². The molecule has 1 atom stereocenters. The van der Waals surface area contributed by atoms with Crippen LogP contribution in [-0.4, -0.2) is 28.2 Å². The number of nitrogens with zero attached hydrogens (tertiary/aromatic N) is 2. The van der Waals surface area contributed by atoms with Gasteiger partial charge in [0.2, 0.25) is 0 Å². The van der Waals surface area contributed by atoms with Crippen molar-refractivity contribution in [3.8, 4) is 11.3 Å². The maximum absolute atomic E-state index is 4.64. The maximum Gasteiger partial charge on any atom is 0.100 e. The molecule has 0 radical (unpaired) electrons. The highest BCUT2D eigenvalue weighted by atomic mass is 35.5. The minimum atomic E-state index is 0. The van der Waals surface area contributed by atoms with E-state index < -0.39 is 0 Å². The van der Waals surface area contributed by atoms with Gasteiger partial charge in [0.05, 0.1) is 5.52 Å². The van der Waals surface area contributed by atoms with E-state index in [4.69, 9.17) is 0 Å². The van der Waals surface area contributed by atoms with Gasteiger partial charge in [-0.3, -0.25) is 10.00 Å². The average molecular weight is 356 g/mol. The highest BCUT2D eigenvalue weighted by Crippen LogP contribution is 2.36. The van der Waals surface area contributed by atoms with Gasteiger partial charge in [-0.1, -0.05) is 55.8 Å². The lowest BCUT2D eigenvalue weighted by atomic mass is 9.94. The number of halogens is 1. The molecule has 1 saturated heterocycles. The molecule has 3 nitrogen and oxygen atoms in total. The van der Waals surface area contributed by atoms with Crippen molar-refractivity contribution >= 4 is 23.3 Å². The Balaban J connectivity index is 0.00000182. The van der Waals surface area contributed by atoms with E-state index in [1.165, 1.54) is 48.9 Å². The molecule has 1 aliphatic rings. The van der Waals surface area contributed by atoms with Crippen LogP contribution in [-0.2, 0) is 0 Å². The van der Waals surface area contributed by atoms with Crippen LogP contribution in [0.25, 0.3) is 22.2 Å². The largest absolute Gasteiger partial charge is 0.296 e. The Morgan fingerprint density at radius 1 is 1.00 bits per heavy atom. The Hall–Kier alpha value is -1.84. The molecule has 1 N–H and O–H groups in total. The SMILES string of the molecule is CCC(c1cccc2[nH]nc(-c3ccccc3)c12)N1CCCCC1.Cl. The fourth-order valence-electron chi connectivity index (χ4n) is 4.09. The molecule has 3 aromatic rings. The van der Waals surface area contributed by atoms with Crippen molar-refractivity contribution in [1.29, 1.82) is 0 Å². The second kappa shape index (κ2) is 8.03. The molecular formula is C21H26ClN3. The summed E-state index contributed by atoms with van der Waals surface area (Å²) in [5, 5.41) is 9.18. The predicted octanol–water partition coefficient (Wildman–Crippen LogP) is 5.59. The van der Waals surface area contributed by atoms with Gasteiger partial charge < -0.3 is 0 Å². The van der Waals surface area contributed by atoms with Gasteiger partial charge in [-0.05, 0) is 44.0 Å². The number of aromatic nitrogens is 2. The smallest absolute Gasteiger partial charge is 0.100 e. The number of rotatable bonds is 4. The van der Waals surface area contributed by atoms with E-state index in [1.807, 2.05) is 0 Å². The molecule has 2 heterocycles. The summed E-state index contributed by atoms with van der Waals surface area (Å²) in [4.78, 5) is 2.67. The quantitative estimate of drug-likeness (QED) is 0.661. The van der Waals surface area contributed by atoms with Crippen molar-refractivity contribution < 1.29 is 0 Å². The van der Waals surface area contributed by atoms with Gasteiger partial charge in [0, 0.05) is 17.0 Å². The zero-order chi connectivity index (χ0) is 16.4. The summed E-state index contributed by atoms with van der Waals surface area (Å²) in [6, 6.07) is 17.6. The minimum absolute atomic E-state index is 0. The zero-order valence-electron chi connectivity index (χ0n) is 14.7. The first-order valence-electron chi connectivity index (χ1n) is 9.15. The number of piperidine rings is 1. The second-order valence-electron chi connectivity index (χ2n) is 6.73. The number of H-pyrrole nitrogens is 1. The fourth-order valence-corrected chi connectivity index (χ4v) is 4.09. The van der Waals surface area contributed by atoms with E-state index in [9.17, 15) is 0 Å². The summed E-state index contributed by atoms with van der Waals surface area (Å²) in [5.41, 5.74) is 4.83. The van der Waals surface area contributed by atoms with Gasteiger partial charge in [0.1, 0.15) is 5.69 Å². The molecule has 0 spiro atoms. The van der Waals surface area contributed by atoms with E-state index in [0.29, 0.717) is 6.04 Å². The van der Waals surface area contributed by atoms with Crippen LogP contribution in [0.5, 0.6) is 0 Å². The molecule has 1 unspecified atom stereocenters. The molecule has 0 saturated carbocycles. The Bertz CT molecular complexity index is 806. The first-order chi connectivity index (χ1) is 11.9. The number of aromatic amines is 1. The van der Waals surface area contributed by atoms with Crippen LogP contribution in [0.4, 0.5) is 0 Å². The van der Waals surface area contributed by atoms with Crippen LogP contribution in [0.15, 0.2) is 48.5 Å². The number of hydrogen-bond acceptors (Lipinski definition) is 2. The molecule has 25 heavy (non-hydrogen) atoms. The van der Waals surface area contributed by atoms with Crippen molar-refractivity contribution in [3.63, 3.8) is 0 Å². The van der Waals surface area contributed by atoms with Gasteiger partial charge in [-0.15, -0.1) is 12.4 Å². The van der Waals surface area contributed by atoms with Crippen molar-refractivity contribution in [2.24, 2.45) is 0 Å². The van der Waals surface area contributed by atoms with Crippen LogP contribution in [0.3, 0.4) is 0 Å². The second-order valence-corrected chi connectivity index (χ2v) is 6.73. The fraction of sp³-hybridized carbons (Fsp3) is 0.381. The first-order valence-corrected chi connectivity index (χ1v) is 9.15. The summed E-state index contributed by atoms with van der Waals surface area (Å²) in [5.74, 6) is 0. The number of fused-ring (bicyclic) bond motifs is 1. The van der Waals surface area contributed by atoms with Gasteiger partial charge in [-0.2, -0.15) is 5.10 Å². The minimum Gasteiger partial charge on any atom is -0.296 e. The monoisotopic (exact) mass is 355 g/mol. The standard InChI is InChI=1S/C21H25N3.ClH/c1-2-19(24-14-7-4-8-15-24)17-12-9-13-18-20(17)21(23-22-18)16-10-5-3-6-11-16;/h3,5-6,9-13,19H,2,4,7-8,14-15H2,1H3,(H,22,23);1H. The van der Waals surface area contributed by atoms with E-state index in [1.54, 1.807) is 0 Å². The van der Waals surface area contributed by atoms with Crippen LogP contribution in [0, 0.1) is 0 Å². The molecule has 1 aromatic heterocycles. The Morgan fingerprint density at radius 2 is 1.76 bits per heavy atom. The normalized spacial score (nSPS) is 16.5. The lowest BCUT2D eigenvalue weighted by Crippen LogP contribution is -2.33. The third kappa shape index (κ3) is 3.44. The zero-order valence-corrected chi connectivity index (χ0v) is 15.6. The third-order valence-electron chi connectivity index (χ3n) is 5.25. The Labute approximate surface area is 155 Å². The summed E-state index contributed by atoms with van der Waals surface area (Å²) in [6.07, 6.45) is 5.16. The Kier molecular flexibility index (Phi) is 5.77. The molecular weight excluding hydrogens is 330 g/mol. The molecule has 1 aliphatic heterocycles. The van der Waals surface area contributed by atoms with Crippen LogP contribution >= 0.6 is 12.4 Å². The highest BCUT2D eigenvalue weighted by molar-refractivity contribution is 5.95. The molecule has 2 aromatic carbocycles. The molecule has 132 valence electrons. The topological polar surface area (TPSA) is 31.9 Å². The van der Waals surface area contributed by atoms with Crippen LogP contribution in [0.2, 0.25) is 0 Å². The first kappa shape index (κ1) is 18.0. The molecule has 4 rings (SSSR count). The summed E-state index contributed by atoms with van der Waals surface area (Å²) < 4.78 is 0. The predicted molar refractivity (Wildman–Crippen MR) is 107 cm³/mol. The third-order valence-corrected chi connectivity index (χ3v) is 5.25. The van der Waals surface area contributed by atoms with Gasteiger partial charge in [0.15, 0.2) is 0 Å². The summed E-state index contributed by atoms with van der Waals surface area (Å²) in [7, 11) is 0. The molecule has 0 aliphatic carbocycles. The van der Waals surface area contributed by atoms with E-state index in [2.05, 4.69) is 70.6 Å².